The molecule has 2 N–H and O–H groups in total. The molecule has 0 aliphatic rings. The average molecular weight is 425 g/mol. The summed E-state index contributed by atoms with van der Waals surface area (Å²) in [6, 6.07) is 8.25. The van der Waals surface area contributed by atoms with E-state index < -0.39 is 21.8 Å². The number of hydrogen-bond acceptors (Lipinski definition) is 5. The lowest BCUT2D eigenvalue weighted by atomic mass is 10.3. The molecule has 12 heteroatoms. The van der Waals surface area contributed by atoms with E-state index in [-0.39, 0.29) is 20.9 Å². The number of benzene rings is 1. The Morgan fingerprint density at radius 2 is 1.92 bits per heavy atom. The van der Waals surface area contributed by atoms with Gasteiger partial charge in [0.15, 0.2) is 11.0 Å². The molecule has 0 aliphatic carbocycles. The second-order valence-corrected chi connectivity index (χ2v) is 7.50. The van der Waals surface area contributed by atoms with Gasteiger partial charge >= 0.3 is 6.18 Å². The number of nitrogens with zero attached hydrogens (tertiary/aromatic N) is 2. The highest BCUT2D eigenvalue weighted by Crippen LogP contribution is 2.32. The van der Waals surface area contributed by atoms with Crippen LogP contribution in [-0.2, 0) is 16.2 Å². The molecule has 2 rings (SSSR count). The molecule has 1 aromatic heterocycles. The van der Waals surface area contributed by atoms with E-state index in [0.717, 1.165) is 11.8 Å². The van der Waals surface area contributed by atoms with Crippen molar-refractivity contribution in [2.24, 2.45) is 4.40 Å². The first-order chi connectivity index (χ1) is 12.1. The fourth-order valence-corrected chi connectivity index (χ4v) is 3.49. The van der Waals surface area contributed by atoms with E-state index in [2.05, 4.69) is 20.2 Å². The lowest BCUT2D eigenvalue weighted by Crippen LogP contribution is -2.28. The van der Waals surface area contributed by atoms with E-state index >= 15 is 0 Å². The van der Waals surface area contributed by atoms with Crippen LogP contribution in [0.4, 0.5) is 19.0 Å². The summed E-state index contributed by atoms with van der Waals surface area (Å²) in [6.07, 6.45) is -2.40. The van der Waals surface area contributed by atoms with Crippen molar-refractivity contribution >= 4 is 44.4 Å². The van der Waals surface area contributed by atoms with E-state index in [9.17, 15) is 21.6 Å². The van der Waals surface area contributed by atoms with Gasteiger partial charge in [-0.2, -0.15) is 21.6 Å². The Morgan fingerprint density at radius 3 is 2.46 bits per heavy atom. The number of nitrogens with one attached hydrogen (secondary N) is 2. The molecule has 0 aliphatic heterocycles. The molecule has 0 saturated carbocycles. The van der Waals surface area contributed by atoms with Crippen LogP contribution in [0.3, 0.4) is 0 Å². The zero-order valence-corrected chi connectivity index (χ0v) is 15.5. The SMILES string of the molecule is CS/C(=N\S(=O)(=O)c1ccccc1)NNc1ncc(C(F)(F)F)cc1Cl. The third-order valence-electron chi connectivity index (χ3n) is 2.89. The molecule has 2 aromatic rings. The van der Waals surface area contributed by atoms with Crippen LogP contribution in [0, 0.1) is 0 Å². The zero-order chi connectivity index (χ0) is 19.4. The van der Waals surface area contributed by atoms with E-state index in [1.807, 2.05) is 0 Å². The molecular weight excluding hydrogens is 413 g/mol. The van der Waals surface area contributed by atoms with Crippen LogP contribution >= 0.6 is 23.4 Å². The highest BCUT2D eigenvalue weighted by molar-refractivity contribution is 8.13. The highest BCUT2D eigenvalue weighted by Gasteiger charge is 2.31. The highest BCUT2D eigenvalue weighted by atomic mass is 35.5. The van der Waals surface area contributed by atoms with Gasteiger partial charge in [-0.3, -0.25) is 10.9 Å². The molecule has 0 unspecified atom stereocenters. The van der Waals surface area contributed by atoms with Crippen LogP contribution < -0.4 is 10.9 Å². The molecule has 6 nitrogen and oxygen atoms in total. The Labute approximate surface area is 156 Å². The van der Waals surface area contributed by atoms with Gasteiger partial charge in [-0.15, -0.1) is 4.40 Å². The third kappa shape index (κ3) is 5.26. The van der Waals surface area contributed by atoms with Gasteiger partial charge in [0.2, 0.25) is 0 Å². The average Bonchev–Trinajstić information content (AvgIpc) is 2.59. The van der Waals surface area contributed by atoms with Crippen LogP contribution in [0.15, 0.2) is 51.9 Å². The maximum atomic E-state index is 12.6. The summed E-state index contributed by atoms with van der Waals surface area (Å²) in [5.74, 6) is -0.112. The van der Waals surface area contributed by atoms with Gasteiger partial charge in [0.25, 0.3) is 10.0 Å². The van der Waals surface area contributed by atoms with Crippen molar-refractivity contribution in [3.63, 3.8) is 0 Å². The van der Waals surface area contributed by atoms with Gasteiger partial charge in [0.05, 0.1) is 15.5 Å². The zero-order valence-electron chi connectivity index (χ0n) is 13.1. The molecule has 0 spiro atoms. The topological polar surface area (TPSA) is 83.5 Å². The maximum absolute atomic E-state index is 12.6. The molecule has 0 saturated heterocycles. The fourth-order valence-electron chi connectivity index (χ4n) is 1.66. The minimum absolute atomic E-state index is 0.000891. The largest absolute Gasteiger partial charge is 0.417 e. The molecule has 0 radical (unpaired) electrons. The number of hydrogen-bond donors (Lipinski definition) is 2. The van der Waals surface area contributed by atoms with Gasteiger partial charge in [-0.25, -0.2) is 4.98 Å². The summed E-state index contributed by atoms with van der Waals surface area (Å²) < 4.78 is 65.8. The van der Waals surface area contributed by atoms with Gasteiger partial charge in [0, 0.05) is 6.20 Å². The van der Waals surface area contributed by atoms with Crippen molar-refractivity contribution < 1.29 is 21.6 Å². The van der Waals surface area contributed by atoms with Crippen LogP contribution in [-0.4, -0.2) is 24.8 Å². The van der Waals surface area contributed by atoms with Crippen molar-refractivity contribution in [1.82, 2.24) is 10.4 Å². The number of alkyl halides is 3. The number of anilines is 1. The van der Waals surface area contributed by atoms with Crippen LogP contribution in [0.1, 0.15) is 5.56 Å². The molecule has 1 heterocycles. The Hall–Kier alpha value is -1.98. The van der Waals surface area contributed by atoms with Crippen LogP contribution in [0.25, 0.3) is 0 Å². The van der Waals surface area contributed by atoms with Crippen molar-refractivity contribution in [2.75, 3.05) is 11.7 Å². The number of amidine groups is 1. The number of aromatic nitrogens is 1. The first-order valence-electron chi connectivity index (χ1n) is 6.82. The van der Waals surface area contributed by atoms with Crippen LogP contribution in [0.2, 0.25) is 5.02 Å². The smallest absolute Gasteiger partial charge is 0.281 e. The molecule has 140 valence electrons. The van der Waals surface area contributed by atoms with E-state index in [1.54, 1.807) is 24.5 Å². The second kappa shape index (κ2) is 8.14. The summed E-state index contributed by atoms with van der Waals surface area (Å²) in [4.78, 5) is 3.57. The van der Waals surface area contributed by atoms with Crippen LogP contribution in [0.5, 0.6) is 0 Å². The van der Waals surface area contributed by atoms with Gasteiger partial charge < -0.3 is 0 Å². The molecular formula is C14H12ClF3N4O2S2. The number of sulfonamides is 1. The Bertz CT molecular complexity index is 906. The summed E-state index contributed by atoms with van der Waals surface area (Å²) in [6.45, 7) is 0. The standard InChI is InChI=1S/C14H12ClF3N4O2S2/c1-25-13(22-26(23,24)10-5-3-2-4-6-10)21-20-12-11(15)7-9(8-19-12)14(16,17)18/h2-8H,1H3,(H,19,20)(H,21,22). The number of hydrazine groups is 1. The number of pyridine rings is 1. The number of rotatable bonds is 4. The molecule has 26 heavy (non-hydrogen) atoms. The van der Waals surface area contributed by atoms with Gasteiger partial charge in [0.1, 0.15) is 0 Å². The van der Waals surface area contributed by atoms with E-state index in [4.69, 9.17) is 11.6 Å². The number of thioether (sulfide) groups is 1. The normalized spacial score (nSPS) is 12.7. The summed E-state index contributed by atoms with van der Waals surface area (Å²) >= 11 is 6.73. The first kappa shape index (κ1) is 20.3. The molecule has 0 amide bonds. The summed E-state index contributed by atoms with van der Waals surface area (Å²) in [5.41, 5.74) is 3.90. The Balaban J connectivity index is 2.17. The van der Waals surface area contributed by atoms with Crippen molar-refractivity contribution in [3.05, 3.63) is 53.2 Å². The van der Waals surface area contributed by atoms with E-state index in [0.29, 0.717) is 12.3 Å². The Morgan fingerprint density at radius 1 is 1.27 bits per heavy atom. The van der Waals surface area contributed by atoms with E-state index in [1.165, 1.54) is 12.1 Å². The molecule has 0 fully saturated rings. The van der Waals surface area contributed by atoms with Crippen molar-refractivity contribution in [1.29, 1.82) is 0 Å². The lowest BCUT2D eigenvalue weighted by molar-refractivity contribution is -0.137. The fraction of sp³-hybridized carbons (Fsp3) is 0.143. The summed E-state index contributed by atoms with van der Waals surface area (Å²) in [5, 5.41) is -0.342. The van der Waals surface area contributed by atoms with Gasteiger partial charge in [-0.1, -0.05) is 41.6 Å². The molecule has 1 aromatic carbocycles. The monoisotopic (exact) mass is 424 g/mol. The predicted molar refractivity (Wildman–Crippen MR) is 95.6 cm³/mol. The molecule has 0 bridgehead atoms. The van der Waals surface area contributed by atoms with Crippen molar-refractivity contribution in [2.45, 2.75) is 11.1 Å². The lowest BCUT2D eigenvalue weighted by Gasteiger charge is -2.12. The summed E-state index contributed by atoms with van der Waals surface area (Å²) in [7, 11) is -3.95. The Kier molecular flexibility index (Phi) is 6.37. The third-order valence-corrected chi connectivity index (χ3v) is 5.17. The van der Waals surface area contributed by atoms with Crippen molar-refractivity contribution in [3.8, 4) is 0 Å². The quantitative estimate of drug-likeness (QED) is 0.441. The minimum atomic E-state index is -4.57. The molecule has 0 atom stereocenters. The number of halogens is 4. The van der Waals surface area contributed by atoms with Gasteiger partial charge in [-0.05, 0) is 24.5 Å². The minimum Gasteiger partial charge on any atom is -0.281 e. The maximum Gasteiger partial charge on any atom is 0.417 e. The first-order valence-corrected chi connectivity index (χ1v) is 9.86. The second-order valence-electron chi connectivity index (χ2n) is 4.69. The predicted octanol–water partition coefficient (Wildman–Crippen LogP) is 3.78.